The third-order valence-electron chi connectivity index (χ3n) is 4.63. The summed E-state index contributed by atoms with van der Waals surface area (Å²) in [5.74, 6) is 1.05. The normalized spacial score (nSPS) is 16.8. The highest BCUT2D eigenvalue weighted by atomic mass is 16.5. The highest BCUT2D eigenvalue weighted by Crippen LogP contribution is 2.29. The number of nitrogens with one attached hydrogen (secondary N) is 1. The molecule has 1 saturated heterocycles. The molecule has 6 heteroatoms. The van der Waals surface area contributed by atoms with Crippen LogP contribution in [0.4, 0.5) is 0 Å². The van der Waals surface area contributed by atoms with E-state index in [4.69, 9.17) is 4.74 Å². The molecule has 24 heavy (non-hydrogen) atoms. The molecule has 6 nitrogen and oxygen atoms in total. The van der Waals surface area contributed by atoms with Crippen molar-refractivity contribution >= 4 is 5.91 Å². The zero-order valence-corrected chi connectivity index (χ0v) is 14.2. The van der Waals surface area contributed by atoms with Crippen molar-refractivity contribution in [1.82, 2.24) is 19.9 Å². The molecule has 1 fully saturated rings. The maximum Gasteiger partial charge on any atom is 0.270 e. The Balaban J connectivity index is 1.83. The number of hydrogen-bond donors (Lipinski definition) is 1. The average Bonchev–Trinajstić information content (AvgIpc) is 3.06. The summed E-state index contributed by atoms with van der Waals surface area (Å²) in [4.78, 5) is 21.4. The molecule has 1 atom stereocenters. The molecule has 1 amide bonds. The minimum atomic E-state index is -0.148. The van der Waals surface area contributed by atoms with Gasteiger partial charge in [0.2, 0.25) is 0 Å². The number of carbonyl (C=O) groups is 1. The fourth-order valence-electron chi connectivity index (χ4n) is 3.15. The van der Waals surface area contributed by atoms with Crippen LogP contribution >= 0.6 is 0 Å². The number of ether oxygens (including phenoxy) is 1. The van der Waals surface area contributed by atoms with E-state index in [0.717, 1.165) is 43.9 Å². The van der Waals surface area contributed by atoms with E-state index in [-0.39, 0.29) is 11.9 Å². The first-order valence-electron chi connectivity index (χ1n) is 8.49. The second-order valence-corrected chi connectivity index (χ2v) is 6.20. The van der Waals surface area contributed by atoms with Crippen LogP contribution in [0.15, 0.2) is 30.7 Å². The Morgan fingerprint density at radius 2 is 2.17 bits per heavy atom. The molecule has 2 aromatic heterocycles. The van der Waals surface area contributed by atoms with Crippen LogP contribution in [0.1, 0.15) is 47.7 Å². The summed E-state index contributed by atoms with van der Waals surface area (Å²) in [7, 11) is 1.96. The van der Waals surface area contributed by atoms with Crippen molar-refractivity contribution in [3.8, 4) is 0 Å². The molecule has 3 heterocycles. The largest absolute Gasteiger partial charge is 0.381 e. The van der Waals surface area contributed by atoms with Gasteiger partial charge in [-0.05, 0) is 42.9 Å². The highest BCUT2D eigenvalue weighted by molar-refractivity contribution is 5.92. The lowest BCUT2D eigenvalue weighted by Crippen LogP contribution is -2.37. The first-order chi connectivity index (χ1) is 11.7. The number of pyridine rings is 1. The second-order valence-electron chi connectivity index (χ2n) is 6.20. The van der Waals surface area contributed by atoms with Crippen LogP contribution in [-0.4, -0.2) is 33.7 Å². The van der Waals surface area contributed by atoms with E-state index in [1.54, 1.807) is 12.4 Å². The lowest BCUT2D eigenvalue weighted by molar-refractivity contribution is 0.0498. The van der Waals surface area contributed by atoms with Gasteiger partial charge in [-0.3, -0.25) is 9.78 Å². The maximum absolute atomic E-state index is 12.7. The van der Waals surface area contributed by atoms with Crippen molar-refractivity contribution in [2.75, 3.05) is 13.2 Å². The smallest absolute Gasteiger partial charge is 0.270 e. The SMILES string of the molecule is CCc1ccnc(C(=O)N[C@H](c2nccn2C)C2CCOCC2)c1. The van der Waals surface area contributed by atoms with Crippen molar-refractivity contribution in [3.63, 3.8) is 0 Å². The zero-order valence-electron chi connectivity index (χ0n) is 14.2. The number of aryl methyl sites for hydroxylation is 2. The molecule has 0 radical (unpaired) electrons. The van der Waals surface area contributed by atoms with Crippen molar-refractivity contribution in [3.05, 3.63) is 47.8 Å². The Hall–Kier alpha value is -2.21. The van der Waals surface area contributed by atoms with Gasteiger partial charge >= 0.3 is 0 Å². The predicted molar refractivity (Wildman–Crippen MR) is 90.6 cm³/mol. The van der Waals surface area contributed by atoms with E-state index < -0.39 is 0 Å². The quantitative estimate of drug-likeness (QED) is 0.914. The Labute approximate surface area is 142 Å². The van der Waals surface area contributed by atoms with Crippen LogP contribution in [-0.2, 0) is 18.2 Å². The van der Waals surface area contributed by atoms with E-state index in [1.165, 1.54) is 0 Å². The molecule has 3 rings (SSSR count). The van der Waals surface area contributed by atoms with Crippen LogP contribution in [0.2, 0.25) is 0 Å². The van der Waals surface area contributed by atoms with Gasteiger partial charge in [-0.1, -0.05) is 6.92 Å². The molecular formula is C18H24N4O2. The third kappa shape index (κ3) is 3.64. The molecule has 1 aliphatic rings. The summed E-state index contributed by atoms with van der Waals surface area (Å²) < 4.78 is 7.43. The van der Waals surface area contributed by atoms with E-state index in [1.807, 2.05) is 29.9 Å². The van der Waals surface area contributed by atoms with Crippen LogP contribution < -0.4 is 5.32 Å². The Bertz CT molecular complexity index is 692. The molecule has 0 bridgehead atoms. The Morgan fingerprint density at radius 3 is 2.83 bits per heavy atom. The Morgan fingerprint density at radius 1 is 1.38 bits per heavy atom. The van der Waals surface area contributed by atoms with Gasteiger partial charge in [0.05, 0.1) is 6.04 Å². The van der Waals surface area contributed by atoms with Gasteiger partial charge in [0.15, 0.2) is 0 Å². The van der Waals surface area contributed by atoms with Crippen molar-refractivity contribution in [2.45, 2.75) is 32.2 Å². The zero-order chi connectivity index (χ0) is 16.9. The monoisotopic (exact) mass is 328 g/mol. The van der Waals surface area contributed by atoms with E-state index in [0.29, 0.717) is 11.6 Å². The standard InChI is InChI=1S/C18H24N4O2/c1-3-13-4-7-19-15(12-13)18(23)21-16(14-5-10-24-11-6-14)17-20-8-9-22(17)2/h4,7-9,12,14,16H,3,5-6,10-11H2,1-2H3,(H,21,23)/t16-/m0/s1. The summed E-state index contributed by atoms with van der Waals surface area (Å²) in [6, 6.07) is 3.66. The van der Waals surface area contributed by atoms with E-state index in [9.17, 15) is 4.79 Å². The van der Waals surface area contributed by atoms with Crippen LogP contribution in [0.25, 0.3) is 0 Å². The summed E-state index contributed by atoms with van der Waals surface area (Å²) in [5.41, 5.74) is 1.57. The second kappa shape index (κ2) is 7.57. The number of nitrogens with zero attached hydrogens (tertiary/aromatic N) is 3. The molecule has 0 aliphatic carbocycles. The average molecular weight is 328 g/mol. The molecular weight excluding hydrogens is 304 g/mol. The van der Waals surface area contributed by atoms with Crippen LogP contribution in [0.3, 0.4) is 0 Å². The van der Waals surface area contributed by atoms with Gasteiger partial charge < -0.3 is 14.6 Å². The fourth-order valence-corrected chi connectivity index (χ4v) is 3.15. The third-order valence-corrected chi connectivity index (χ3v) is 4.63. The molecule has 2 aromatic rings. The van der Waals surface area contributed by atoms with E-state index in [2.05, 4.69) is 22.2 Å². The van der Waals surface area contributed by atoms with Crippen molar-refractivity contribution in [1.29, 1.82) is 0 Å². The van der Waals surface area contributed by atoms with Gasteiger partial charge in [0.1, 0.15) is 11.5 Å². The summed E-state index contributed by atoms with van der Waals surface area (Å²) in [6.07, 6.45) is 8.08. The molecule has 0 spiro atoms. The summed E-state index contributed by atoms with van der Waals surface area (Å²) >= 11 is 0. The topological polar surface area (TPSA) is 69.0 Å². The maximum atomic E-state index is 12.7. The summed E-state index contributed by atoms with van der Waals surface area (Å²) in [5, 5.41) is 3.16. The van der Waals surface area contributed by atoms with Gasteiger partial charge in [-0.25, -0.2) is 4.98 Å². The lowest BCUT2D eigenvalue weighted by Gasteiger charge is -2.30. The minimum Gasteiger partial charge on any atom is -0.381 e. The summed E-state index contributed by atoms with van der Waals surface area (Å²) in [6.45, 7) is 3.52. The fraction of sp³-hybridized carbons (Fsp3) is 0.500. The molecule has 0 aromatic carbocycles. The number of carbonyl (C=O) groups excluding carboxylic acids is 1. The van der Waals surface area contributed by atoms with Crippen molar-refractivity contribution in [2.24, 2.45) is 13.0 Å². The predicted octanol–water partition coefficient (Wildman–Crippen LogP) is 2.28. The highest BCUT2D eigenvalue weighted by Gasteiger charge is 2.30. The van der Waals surface area contributed by atoms with Gasteiger partial charge in [0.25, 0.3) is 5.91 Å². The molecule has 0 unspecified atom stereocenters. The molecule has 1 aliphatic heterocycles. The number of amides is 1. The minimum absolute atomic E-state index is 0.131. The number of imidazole rings is 1. The lowest BCUT2D eigenvalue weighted by atomic mass is 9.91. The van der Waals surface area contributed by atoms with Gasteiger partial charge in [0, 0.05) is 38.9 Å². The van der Waals surface area contributed by atoms with Gasteiger partial charge in [-0.2, -0.15) is 0 Å². The molecule has 128 valence electrons. The van der Waals surface area contributed by atoms with Gasteiger partial charge in [-0.15, -0.1) is 0 Å². The molecule has 0 saturated carbocycles. The number of rotatable bonds is 5. The number of hydrogen-bond acceptors (Lipinski definition) is 4. The Kier molecular flexibility index (Phi) is 5.25. The van der Waals surface area contributed by atoms with Crippen LogP contribution in [0.5, 0.6) is 0 Å². The first-order valence-corrected chi connectivity index (χ1v) is 8.49. The number of aromatic nitrogens is 3. The van der Waals surface area contributed by atoms with Crippen molar-refractivity contribution < 1.29 is 9.53 Å². The first kappa shape index (κ1) is 16.6. The van der Waals surface area contributed by atoms with E-state index >= 15 is 0 Å². The molecule has 1 N–H and O–H groups in total. The van der Waals surface area contributed by atoms with Crippen LogP contribution in [0, 0.1) is 5.92 Å².